The van der Waals surface area contributed by atoms with Crippen molar-refractivity contribution in [2.24, 2.45) is 0 Å². The Morgan fingerprint density at radius 1 is 1.38 bits per heavy atom. The molecule has 0 aliphatic carbocycles. The molecule has 4 heteroatoms. The van der Waals surface area contributed by atoms with Gasteiger partial charge in [-0.3, -0.25) is 4.79 Å². The normalized spacial score (nSPS) is 12.1. The van der Waals surface area contributed by atoms with Crippen molar-refractivity contribution in [1.29, 1.82) is 0 Å². The first-order chi connectivity index (χ1) is 7.77. The highest BCUT2D eigenvalue weighted by Crippen LogP contribution is 2.13. The van der Waals surface area contributed by atoms with E-state index in [1.165, 1.54) is 0 Å². The van der Waals surface area contributed by atoms with Crippen LogP contribution in [0, 0.1) is 0 Å². The second-order valence-electron chi connectivity index (χ2n) is 3.62. The lowest BCUT2D eigenvalue weighted by Gasteiger charge is -2.15. The summed E-state index contributed by atoms with van der Waals surface area (Å²) in [5.74, 6) is -0.0983. The van der Waals surface area contributed by atoms with Crippen molar-refractivity contribution < 1.29 is 9.90 Å². The number of nitrogens with one attached hydrogen (secondary N) is 2. The zero-order valence-electron chi connectivity index (χ0n) is 9.44. The van der Waals surface area contributed by atoms with E-state index in [1.807, 2.05) is 30.3 Å². The zero-order chi connectivity index (χ0) is 11.8. The Hall–Kier alpha value is -1.39. The molecule has 3 N–H and O–H groups in total. The summed E-state index contributed by atoms with van der Waals surface area (Å²) in [4.78, 5) is 11.2. The number of benzene rings is 1. The molecule has 0 heterocycles. The lowest BCUT2D eigenvalue weighted by Crippen LogP contribution is -2.35. The van der Waals surface area contributed by atoms with E-state index in [0.29, 0.717) is 13.1 Å². The van der Waals surface area contributed by atoms with E-state index >= 15 is 0 Å². The summed E-state index contributed by atoms with van der Waals surface area (Å²) in [6.45, 7) is 0.789. The lowest BCUT2D eigenvalue weighted by atomic mass is 10.0. The molecule has 0 bridgehead atoms. The predicted molar refractivity (Wildman–Crippen MR) is 63.2 cm³/mol. The third-order valence-corrected chi connectivity index (χ3v) is 2.37. The van der Waals surface area contributed by atoms with Crippen molar-refractivity contribution in [3.05, 3.63) is 35.9 Å². The Bertz CT molecular complexity index is 314. The third kappa shape index (κ3) is 4.00. The van der Waals surface area contributed by atoms with Crippen molar-refractivity contribution in [3.63, 3.8) is 0 Å². The summed E-state index contributed by atoms with van der Waals surface area (Å²) in [7, 11) is 1.72. The average molecular weight is 222 g/mol. The molecule has 0 aliphatic heterocycles. The van der Waals surface area contributed by atoms with Gasteiger partial charge in [-0.1, -0.05) is 30.3 Å². The minimum Gasteiger partial charge on any atom is -0.396 e. The number of rotatable bonds is 6. The quantitative estimate of drug-likeness (QED) is 0.639. The first-order valence-corrected chi connectivity index (χ1v) is 5.35. The first-order valence-electron chi connectivity index (χ1n) is 5.35. The maximum atomic E-state index is 11.2. The van der Waals surface area contributed by atoms with Crippen molar-refractivity contribution in [1.82, 2.24) is 10.6 Å². The van der Waals surface area contributed by atoms with Gasteiger partial charge in [0.2, 0.25) is 5.91 Å². The molecular formula is C12H18N2O2. The molecule has 0 aromatic heterocycles. The Balaban J connectivity index is 2.47. The Kier molecular flexibility index (Phi) is 5.53. The molecule has 4 nitrogen and oxygen atoms in total. The van der Waals surface area contributed by atoms with Gasteiger partial charge in [-0.05, 0) is 12.6 Å². The summed E-state index contributed by atoms with van der Waals surface area (Å²) in [5, 5.41) is 14.8. The maximum absolute atomic E-state index is 11.2. The third-order valence-electron chi connectivity index (χ3n) is 2.37. The number of amides is 1. The van der Waals surface area contributed by atoms with Gasteiger partial charge in [0.1, 0.15) is 0 Å². The van der Waals surface area contributed by atoms with E-state index in [4.69, 9.17) is 0 Å². The van der Waals surface area contributed by atoms with Gasteiger partial charge >= 0.3 is 0 Å². The minimum atomic E-state index is -0.0584. The molecule has 0 saturated carbocycles. The fourth-order valence-corrected chi connectivity index (χ4v) is 1.47. The fourth-order valence-electron chi connectivity index (χ4n) is 1.47. The van der Waals surface area contributed by atoms with E-state index in [0.717, 1.165) is 5.56 Å². The van der Waals surface area contributed by atoms with Crippen LogP contribution in [-0.4, -0.2) is 37.8 Å². The molecule has 0 aliphatic rings. The van der Waals surface area contributed by atoms with Gasteiger partial charge in [0.15, 0.2) is 0 Å². The number of aliphatic hydroxyl groups excluding tert-OH is 1. The molecule has 0 radical (unpaired) electrons. The number of carbonyl (C=O) groups is 1. The van der Waals surface area contributed by atoms with Crippen LogP contribution in [0.1, 0.15) is 11.5 Å². The zero-order valence-corrected chi connectivity index (χ0v) is 9.44. The number of likely N-dealkylation sites (N-methyl/N-ethyl adjacent to an activating group) is 1. The molecule has 1 atom stereocenters. The lowest BCUT2D eigenvalue weighted by molar-refractivity contribution is -0.120. The van der Waals surface area contributed by atoms with E-state index in [2.05, 4.69) is 10.6 Å². The highest BCUT2D eigenvalue weighted by Gasteiger charge is 2.10. The predicted octanol–water partition coefficient (Wildman–Crippen LogP) is 0.0981. The molecule has 1 amide bonds. The van der Waals surface area contributed by atoms with Gasteiger partial charge in [0.05, 0.1) is 13.2 Å². The van der Waals surface area contributed by atoms with E-state index < -0.39 is 0 Å². The van der Waals surface area contributed by atoms with E-state index in [-0.39, 0.29) is 18.4 Å². The second kappa shape index (κ2) is 6.98. The van der Waals surface area contributed by atoms with E-state index in [1.54, 1.807) is 7.05 Å². The molecule has 16 heavy (non-hydrogen) atoms. The molecule has 1 aromatic rings. The maximum Gasteiger partial charge on any atom is 0.233 e. The summed E-state index contributed by atoms with van der Waals surface area (Å²) >= 11 is 0. The van der Waals surface area contributed by atoms with Crippen LogP contribution in [-0.2, 0) is 4.79 Å². The van der Waals surface area contributed by atoms with Gasteiger partial charge in [-0.25, -0.2) is 0 Å². The molecule has 1 unspecified atom stereocenters. The van der Waals surface area contributed by atoms with Crippen LogP contribution in [0.15, 0.2) is 30.3 Å². The largest absolute Gasteiger partial charge is 0.396 e. The Morgan fingerprint density at radius 2 is 2.06 bits per heavy atom. The molecule has 0 saturated heterocycles. The van der Waals surface area contributed by atoms with Crippen molar-refractivity contribution in [2.45, 2.75) is 5.92 Å². The number of carbonyl (C=O) groups excluding carboxylic acids is 1. The molecule has 0 fully saturated rings. The van der Waals surface area contributed by atoms with Crippen LogP contribution in [0.4, 0.5) is 0 Å². The summed E-state index contributed by atoms with van der Waals surface area (Å²) < 4.78 is 0. The van der Waals surface area contributed by atoms with Crippen LogP contribution < -0.4 is 10.6 Å². The topological polar surface area (TPSA) is 61.4 Å². The van der Waals surface area contributed by atoms with Crippen LogP contribution in [0.3, 0.4) is 0 Å². The molecule has 0 spiro atoms. The second-order valence-corrected chi connectivity index (χ2v) is 3.62. The number of hydrogen-bond acceptors (Lipinski definition) is 3. The van der Waals surface area contributed by atoms with Gasteiger partial charge < -0.3 is 15.7 Å². The molecular weight excluding hydrogens is 204 g/mol. The minimum absolute atomic E-state index is 0.0316. The van der Waals surface area contributed by atoms with Crippen LogP contribution >= 0.6 is 0 Å². The fraction of sp³-hybridized carbons (Fsp3) is 0.417. The van der Waals surface area contributed by atoms with E-state index in [9.17, 15) is 9.90 Å². The van der Waals surface area contributed by atoms with Crippen LogP contribution in [0.25, 0.3) is 0 Å². The molecule has 1 rings (SSSR count). The smallest absolute Gasteiger partial charge is 0.233 e. The standard InChI is InChI=1S/C12H18N2O2/c1-13-8-12(16)14-7-11(9-15)10-5-3-2-4-6-10/h2-6,11,13,15H,7-9H2,1H3,(H,14,16). The Labute approximate surface area is 95.7 Å². The SMILES string of the molecule is CNCC(=O)NCC(CO)c1ccccc1. The monoisotopic (exact) mass is 222 g/mol. The van der Waals surface area contributed by atoms with Gasteiger partial charge in [0, 0.05) is 12.5 Å². The van der Waals surface area contributed by atoms with Gasteiger partial charge in [-0.2, -0.15) is 0 Å². The van der Waals surface area contributed by atoms with Crippen LogP contribution in [0.2, 0.25) is 0 Å². The summed E-state index contributed by atoms with van der Waals surface area (Å²) in [6, 6.07) is 9.68. The van der Waals surface area contributed by atoms with Crippen molar-refractivity contribution in [3.8, 4) is 0 Å². The van der Waals surface area contributed by atoms with Crippen molar-refractivity contribution in [2.75, 3.05) is 26.7 Å². The molecule has 88 valence electrons. The van der Waals surface area contributed by atoms with Crippen LogP contribution in [0.5, 0.6) is 0 Å². The van der Waals surface area contributed by atoms with Gasteiger partial charge in [0.25, 0.3) is 0 Å². The van der Waals surface area contributed by atoms with Crippen molar-refractivity contribution >= 4 is 5.91 Å². The summed E-state index contributed by atoms with van der Waals surface area (Å²) in [5.41, 5.74) is 1.04. The highest BCUT2D eigenvalue weighted by atomic mass is 16.3. The highest BCUT2D eigenvalue weighted by molar-refractivity contribution is 5.77. The molecule has 1 aromatic carbocycles. The number of hydrogen-bond donors (Lipinski definition) is 3. The van der Waals surface area contributed by atoms with Gasteiger partial charge in [-0.15, -0.1) is 0 Å². The number of aliphatic hydroxyl groups is 1. The Morgan fingerprint density at radius 3 is 2.62 bits per heavy atom. The summed E-state index contributed by atoms with van der Waals surface area (Å²) in [6.07, 6.45) is 0. The average Bonchev–Trinajstić information content (AvgIpc) is 2.31. The first kappa shape index (κ1) is 12.7.